The maximum Gasteiger partial charge on any atom is 0.241 e. The minimum atomic E-state index is -4.08. The van der Waals surface area contributed by atoms with Crippen LogP contribution in [-0.4, -0.2) is 67.6 Å². The number of benzene rings is 3. The van der Waals surface area contributed by atoms with Gasteiger partial charge < -0.3 is 0 Å². The highest BCUT2D eigenvalue weighted by atomic mass is 32.2. The molecule has 0 radical (unpaired) electrons. The average molecular weight is 594 g/mol. The van der Waals surface area contributed by atoms with Crippen molar-refractivity contribution in [2.75, 3.05) is 19.3 Å². The Morgan fingerprint density at radius 1 is 0.795 bits per heavy atom. The summed E-state index contributed by atoms with van der Waals surface area (Å²) in [4.78, 5) is 2.24. The summed E-state index contributed by atoms with van der Waals surface area (Å²) in [6.07, 6.45) is 4.07. The molecule has 9 nitrogen and oxygen atoms in total. The van der Waals surface area contributed by atoms with Crippen molar-refractivity contribution >= 4 is 40.7 Å². The molecule has 212 valence electrons. The van der Waals surface area contributed by atoms with Gasteiger partial charge in [0, 0.05) is 42.9 Å². The molecule has 1 saturated heterocycles. The average Bonchev–Trinajstić information content (AvgIpc) is 2.88. The lowest BCUT2D eigenvalue weighted by Gasteiger charge is -2.41. The lowest BCUT2D eigenvalue weighted by atomic mass is 9.97. The largest absolute Gasteiger partial charge is 0.296 e. The molecule has 0 bridgehead atoms. The van der Waals surface area contributed by atoms with E-state index < -0.39 is 35.9 Å². The van der Waals surface area contributed by atoms with E-state index in [1.807, 2.05) is 18.2 Å². The predicted octanol–water partition coefficient (Wildman–Crippen LogP) is 3.13. The highest BCUT2D eigenvalue weighted by Gasteiger charge is 2.30. The third-order valence-electron chi connectivity index (χ3n) is 7.25. The molecule has 2 N–H and O–H groups in total. The van der Waals surface area contributed by atoms with E-state index in [2.05, 4.69) is 28.2 Å². The van der Waals surface area contributed by atoms with E-state index in [0.717, 1.165) is 30.9 Å². The van der Waals surface area contributed by atoms with Gasteiger partial charge in [-0.15, -0.1) is 0 Å². The molecule has 0 amide bonds. The first-order valence-electron chi connectivity index (χ1n) is 12.8. The van der Waals surface area contributed by atoms with Crippen LogP contribution in [0.5, 0.6) is 0 Å². The fourth-order valence-electron chi connectivity index (χ4n) is 5.10. The van der Waals surface area contributed by atoms with Crippen LogP contribution in [0.3, 0.4) is 0 Å². The Hall–Kier alpha value is -2.35. The zero-order valence-corrected chi connectivity index (χ0v) is 24.7. The van der Waals surface area contributed by atoms with E-state index in [1.165, 1.54) is 30.3 Å². The summed E-state index contributed by atoms with van der Waals surface area (Å²) < 4.78 is 82.3. The van der Waals surface area contributed by atoms with Crippen LogP contribution in [0.4, 0.5) is 0 Å². The number of piperidine rings is 1. The standard InChI is InChI=1S/C27H35N3O6S3/c1-20-8-6-9-21(2)30(20)19-23(29-38(33,34)25-16-14-24(15-17-25)37(3,31)32)18-28-39(35,36)27-13-7-11-22-10-4-5-12-26(22)27/h4-5,7,10-17,20-21,23,28-29H,6,8-9,18-19H2,1-3H3/t20-,21+,23-/m0/s1. The van der Waals surface area contributed by atoms with Crippen LogP contribution >= 0.6 is 0 Å². The normalized spacial score (nSPS) is 20.2. The number of hydrogen-bond donors (Lipinski definition) is 2. The molecule has 0 unspecified atom stereocenters. The van der Waals surface area contributed by atoms with Gasteiger partial charge in [-0.3, -0.25) is 4.90 Å². The Labute approximate surface area is 231 Å². The molecule has 12 heteroatoms. The fourth-order valence-corrected chi connectivity index (χ4v) is 8.27. The van der Waals surface area contributed by atoms with Gasteiger partial charge in [0.1, 0.15) is 0 Å². The Kier molecular flexibility index (Phi) is 8.84. The zero-order valence-electron chi connectivity index (χ0n) is 22.2. The van der Waals surface area contributed by atoms with Crippen LogP contribution < -0.4 is 9.44 Å². The van der Waals surface area contributed by atoms with Crippen molar-refractivity contribution in [3.63, 3.8) is 0 Å². The number of sulfonamides is 2. The Morgan fingerprint density at radius 2 is 1.38 bits per heavy atom. The number of nitrogens with zero attached hydrogens (tertiary/aromatic N) is 1. The van der Waals surface area contributed by atoms with E-state index in [9.17, 15) is 25.3 Å². The number of fused-ring (bicyclic) bond motifs is 1. The molecule has 1 aliphatic heterocycles. The predicted molar refractivity (Wildman–Crippen MR) is 152 cm³/mol. The summed E-state index contributed by atoms with van der Waals surface area (Å²) >= 11 is 0. The first-order valence-corrected chi connectivity index (χ1v) is 17.7. The molecule has 0 spiro atoms. The summed E-state index contributed by atoms with van der Waals surface area (Å²) in [6.45, 7) is 4.32. The van der Waals surface area contributed by atoms with Crippen LogP contribution in [0.1, 0.15) is 33.1 Å². The molecule has 1 fully saturated rings. The van der Waals surface area contributed by atoms with Crippen molar-refractivity contribution in [2.45, 2.75) is 65.9 Å². The van der Waals surface area contributed by atoms with Gasteiger partial charge >= 0.3 is 0 Å². The van der Waals surface area contributed by atoms with Crippen LogP contribution in [0, 0.1) is 0 Å². The SMILES string of the molecule is C[C@@H]1CCC[C@H](C)N1C[C@H](CNS(=O)(=O)c1cccc2ccccc12)NS(=O)(=O)c1ccc(S(C)(=O)=O)cc1. The van der Waals surface area contributed by atoms with Gasteiger partial charge in [0.15, 0.2) is 9.84 Å². The minimum Gasteiger partial charge on any atom is -0.296 e. The van der Waals surface area contributed by atoms with E-state index >= 15 is 0 Å². The summed E-state index contributed by atoms with van der Waals surface area (Å²) in [5.41, 5.74) is 0. The summed E-state index contributed by atoms with van der Waals surface area (Å²) in [5, 5.41) is 1.36. The second kappa shape index (κ2) is 11.6. The second-order valence-corrected chi connectivity index (χ2v) is 15.7. The van der Waals surface area contributed by atoms with Gasteiger partial charge in [0.2, 0.25) is 20.0 Å². The van der Waals surface area contributed by atoms with Gasteiger partial charge in [-0.2, -0.15) is 0 Å². The smallest absolute Gasteiger partial charge is 0.241 e. The molecular weight excluding hydrogens is 559 g/mol. The van der Waals surface area contributed by atoms with Crippen molar-refractivity contribution in [3.8, 4) is 0 Å². The maximum atomic E-state index is 13.4. The number of likely N-dealkylation sites (tertiary alicyclic amines) is 1. The van der Waals surface area contributed by atoms with E-state index in [1.54, 1.807) is 18.2 Å². The van der Waals surface area contributed by atoms with Crippen molar-refractivity contribution in [3.05, 3.63) is 66.7 Å². The van der Waals surface area contributed by atoms with Crippen LogP contribution in [0.15, 0.2) is 81.4 Å². The second-order valence-electron chi connectivity index (χ2n) is 10.2. The van der Waals surface area contributed by atoms with Gasteiger partial charge in [-0.05, 0) is 62.4 Å². The highest BCUT2D eigenvalue weighted by molar-refractivity contribution is 7.91. The fraction of sp³-hybridized carbons (Fsp3) is 0.407. The molecule has 3 aromatic rings. The molecule has 0 aliphatic carbocycles. The summed E-state index contributed by atoms with van der Waals surface area (Å²) in [5.74, 6) is 0. The summed E-state index contributed by atoms with van der Waals surface area (Å²) in [6, 6.07) is 16.8. The number of sulfone groups is 1. The lowest BCUT2D eigenvalue weighted by Crippen LogP contribution is -2.54. The highest BCUT2D eigenvalue weighted by Crippen LogP contribution is 2.25. The maximum absolute atomic E-state index is 13.4. The molecule has 4 rings (SSSR count). The molecule has 0 aromatic heterocycles. The monoisotopic (exact) mass is 593 g/mol. The molecule has 1 aliphatic rings. The molecular formula is C27H35N3O6S3. The van der Waals surface area contributed by atoms with Crippen molar-refractivity contribution in [2.24, 2.45) is 0 Å². The van der Waals surface area contributed by atoms with Crippen LogP contribution in [0.2, 0.25) is 0 Å². The third kappa shape index (κ3) is 7.05. The van der Waals surface area contributed by atoms with Crippen molar-refractivity contribution in [1.29, 1.82) is 0 Å². The quantitative estimate of drug-likeness (QED) is 0.369. The van der Waals surface area contributed by atoms with Crippen LogP contribution in [0.25, 0.3) is 10.8 Å². The lowest BCUT2D eigenvalue weighted by molar-refractivity contribution is 0.0945. The molecule has 3 aromatic carbocycles. The minimum absolute atomic E-state index is 0.0109. The van der Waals surface area contributed by atoms with Gasteiger partial charge in [-0.1, -0.05) is 42.8 Å². The Morgan fingerprint density at radius 3 is 2.03 bits per heavy atom. The van der Waals surface area contributed by atoms with E-state index in [4.69, 9.17) is 0 Å². The molecule has 3 atom stereocenters. The van der Waals surface area contributed by atoms with Gasteiger partial charge in [-0.25, -0.2) is 34.7 Å². The molecule has 0 saturated carbocycles. The summed E-state index contributed by atoms with van der Waals surface area (Å²) in [7, 11) is -11.5. The molecule has 1 heterocycles. The van der Waals surface area contributed by atoms with Gasteiger partial charge in [0.25, 0.3) is 0 Å². The van der Waals surface area contributed by atoms with Gasteiger partial charge in [0.05, 0.1) is 14.7 Å². The zero-order chi connectivity index (χ0) is 28.4. The Bertz CT molecular complexity index is 1620. The Balaban J connectivity index is 1.61. The first-order chi connectivity index (χ1) is 18.3. The first kappa shape index (κ1) is 29.6. The van der Waals surface area contributed by atoms with E-state index in [-0.39, 0.29) is 33.3 Å². The van der Waals surface area contributed by atoms with Crippen molar-refractivity contribution < 1.29 is 25.3 Å². The molecule has 39 heavy (non-hydrogen) atoms. The number of hydrogen-bond acceptors (Lipinski definition) is 7. The van der Waals surface area contributed by atoms with Crippen LogP contribution in [-0.2, 0) is 29.9 Å². The third-order valence-corrected chi connectivity index (χ3v) is 11.4. The topological polar surface area (TPSA) is 130 Å². The number of nitrogens with one attached hydrogen (secondary N) is 2. The number of rotatable bonds is 10. The van der Waals surface area contributed by atoms with Crippen molar-refractivity contribution in [1.82, 2.24) is 14.3 Å². The van der Waals surface area contributed by atoms with E-state index in [0.29, 0.717) is 11.9 Å².